The highest BCUT2D eigenvalue weighted by atomic mass is 19.4. The molecule has 0 saturated carbocycles. The fraction of sp³-hybridized carbons (Fsp3) is 0.417. The van der Waals surface area contributed by atoms with E-state index in [1.807, 2.05) is 0 Å². The summed E-state index contributed by atoms with van der Waals surface area (Å²) in [7, 11) is 3.11. The minimum Gasteiger partial charge on any atom is -0.497 e. The molecule has 0 aliphatic carbocycles. The van der Waals surface area contributed by atoms with Crippen molar-refractivity contribution < 1.29 is 42.1 Å². The molecule has 1 aromatic carbocycles. The van der Waals surface area contributed by atoms with Gasteiger partial charge in [0.05, 0.1) is 20.8 Å². The Hall–Kier alpha value is -3.67. The zero-order valence-electron chi connectivity index (χ0n) is 19.9. The van der Waals surface area contributed by atoms with E-state index in [4.69, 9.17) is 19.4 Å². The number of pyridine rings is 1. The van der Waals surface area contributed by atoms with Crippen molar-refractivity contribution in [1.29, 1.82) is 0 Å². The third-order valence-electron chi connectivity index (χ3n) is 5.49. The Morgan fingerprint density at radius 3 is 2.22 bits per heavy atom. The average molecular weight is 511 g/mol. The number of ether oxygens (including phenoxy) is 2. The molecule has 12 heteroatoms. The van der Waals surface area contributed by atoms with Gasteiger partial charge in [-0.1, -0.05) is 0 Å². The van der Waals surface area contributed by atoms with Crippen molar-refractivity contribution in [1.82, 2.24) is 15.2 Å². The number of ketones is 1. The topological polar surface area (TPSA) is 118 Å². The molecule has 2 aromatic rings. The molecule has 0 bridgehead atoms. The van der Waals surface area contributed by atoms with Gasteiger partial charge in [-0.15, -0.1) is 0 Å². The number of amides is 1. The van der Waals surface area contributed by atoms with Gasteiger partial charge in [-0.05, 0) is 68.2 Å². The SMILES string of the molecule is COc1ccc(C(=O)CN2CCC(CNC(=O)c3cccnc3OC)CC2)cc1.O=C(O)C(F)(F)F. The average Bonchev–Trinajstić information content (AvgIpc) is 2.87. The van der Waals surface area contributed by atoms with Crippen LogP contribution >= 0.6 is 0 Å². The number of likely N-dealkylation sites (tertiary alicyclic amines) is 1. The summed E-state index contributed by atoms with van der Waals surface area (Å²) >= 11 is 0. The number of hydrogen-bond acceptors (Lipinski definition) is 7. The van der Waals surface area contributed by atoms with E-state index < -0.39 is 12.1 Å². The number of hydrogen-bond donors (Lipinski definition) is 2. The number of methoxy groups -OCH3 is 2. The number of halogens is 3. The first-order chi connectivity index (χ1) is 17.0. The minimum atomic E-state index is -5.08. The van der Waals surface area contributed by atoms with Gasteiger partial charge in [-0.2, -0.15) is 13.2 Å². The van der Waals surface area contributed by atoms with Gasteiger partial charge >= 0.3 is 12.1 Å². The highest BCUT2D eigenvalue weighted by Crippen LogP contribution is 2.19. The smallest absolute Gasteiger partial charge is 0.490 e. The van der Waals surface area contributed by atoms with Crippen LogP contribution in [0.15, 0.2) is 42.6 Å². The van der Waals surface area contributed by atoms with Crippen LogP contribution in [0, 0.1) is 5.92 Å². The molecular formula is C24H28F3N3O6. The Bertz CT molecular complexity index is 1020. The molecule has 0 unspecified atom stereocenters. The van der Waals surface area contributed by atoms with E-state index >= 15 is 0 Å². The number of Topliss-reactive ketones (excluding diaryl/α,β-unsaturated/α-hetero) is 1. The van der Waals surface area contributed by atoms with Gasteiger partial charge in [0.25, 0.3) is 5.91 Å². The van der Waals surface area contributed by atoms with Gasteiger partial charge in [0.1, 0.15) is 11.3 Å². The maximum absolute atomic E-state index is 12.5. The molecule has 1 aliphatic rings. The van der Waals surface area contributed by atoms with Gasteiger partial charge < -0.3 is 19.9 Å². The van der Waals surface area contributed by atoms with E-state index in [1.165, 1.54) is 7.11 Å². The van der Waals surface area contributed by atoms with Crippen molar-refractivity contribution in [2.24, 2.45) is 5.92 Å². The first kappa shape index (κ1) is 28.6. The Morgan fingerprint density at radius 2 is 1.69 bits per heavy atom. The summed E-state index contributed by atoms with van der Waals surface area (Å²) in [4.78, 5) is 40.0. The second-order valence-corrected chi connectivity index (χ2v) is 7.94. The molecule has 0 radical (unpaired) electrons. The van der Waals surface area contributed by atoms with Crippen LogP contribution in [-0.2, 0) is 4.79 Å². The van der Waals surface area contributed by atoms with Gasteiger partial charge in [-0.3, -0.25) is 14.5 Å². The molecule has 0 spiro atoms. The number of carbonyl (C=O) groups excluding carboxylic acids is 2. The second kappa shape index (κ2) is 13.4. The van der Waals surface area contributed by atoms with E-state index in [2.05, 4.69) is 15.2 Å². The number of carboxylic acids is 1. The Labute approximate surface area is 206 Å². The lowest BCUT2D eigenvalue weighted by atomic mass is 9.96. The quantitative estimate of drug-likeness (QED) is 0.520. The molecule has 1 fully saturated rings. The number of benzene rings is 1. The lowest BCUT2D eigenvalue weighted by molar-refractivity contribution is -0.192. The summed E-state index contributed by atoms with van der Waals surface area (Å²) in [5, 5.41) is 10.1. The molecule has 1 saturated heterocycles. The Balaban J connectivity index is 0.000000572. The van der Waals surface area contributed by atoms with Crippen molar-refractivity contribution in [2.75, 3.05) is 40.4 Å². The fourth-order valence-electron chi connectivity index (χ4n) is 3.48. The number of piperidine rings is 1. The van der Waals surface area contributed by atoms with E-state index in [-0.39, 0.29) is 11.7 Å². The maximum Gasteiger partial charge on any atom is 0.490 e. The van der Waals surface area contributed by atoms with Crippen LogP contribution in [0.4, 0.5) is 13.2 Å². The number of carboxylic acid groups (broad SMARTS) is 1. The lowest BCUT2D eigenvalue weighted by Crippen LogP contribution is -2.40. The van der Waals surface area contributed by atoms with E-state index in [1.54, 1.807) is 49.7 Å². The molecule has 2 heterocycles. The minimum absolute atomic E-state index is 0.114. The summed E-state index contributed by atoms with van der Waals surface area (Å²) in [5.74, 6) is -1.35. The molecule has 36 heavy (non-hydrogen) atoms. The predicted octanol–water partition coefficient (Wildman–Crippen LogP) is 3.06. The van der Waals surface area contributed by atoms with Crippen LogP contribution in [0.2, 0.25) is 0 Å². The molecule has 1 aliphatic heterocycles. The van der Waals surface area contributed by atoms with Crippen LogP contribution in [0.1, 0.15) is 33.6 Å². The maximum atomic E-state index is 12.5. The molecular weight excluding hydrogens is 483 g/mol. The van der Waals surface area contributed by atoms with Crippen molar-refractivity contribution in [3.63, 3.8) is 0 Å². The summed E-state index contributed by atoms with van der Waals surface area (Å²) in [5.41, 5.74) is 1.14. The summed E-state index contributed by atoms with van der Waals surface area (Å²) in [6.07, 6.45) is -1.60. The van der Waals surface area contributed by atoms with Crippen molar-refractivity contribution in [3.05, 3.63) is 53.7 Å². The van der Waals surface area contributed by atoms with E-state index in [0.717, 1.165) is 31.7 Å². The first-order valence-electron chi connectivity index (χ1n) is 11.0. The molecule has 0 atom stereocenters. The Kier molecular flexibility index (Phi) is 10.7. The summed E-state index contributed by atoms with van der Waals surface area (Å²) in [6.45, 7) is 2.72. The van der Waals surface area contributed by atoms with E-state index in [9.17, 15) is 22.8 Å². The highest BCUT2D eigenvalue weighted by Gasteiger charge is 2.38. The number of carbonyl (C=O) groups is 3. The molecule has 1 amide bonds. The van der Waals surface area contributed by atoms with Gasteiger partial charge in [-0.25, -0.2) is 9.78 Å². The van der Waals surface area contributed by atoms with Crippen LogP contribution in [0.5, 0.6) is 11.6 Å². The Morgan fingerprint density at radius 1 is 1.08 bits per heavy atom. The number of alkyl halides is 3. The number of aromatic nitrogens is 1. The van der Waals surface area contributed by atoms with Crippen molar-refractivity contribution in [3.8, 4) is 11.6 Å². The predicted molar refractivity (Wildman–Crippen MR) is 123 cm³/mol. The van der Waals surface area contributed by atoms with Gasteiger partial charge in [0.15, 0.2) is 5.78 Å². The van der Waals surface area contributed by atoms with Crippen LogP contribution < -0.4 is 14.8 Å². The normalized spacial score (nSPS) is 14.2. The number of nitrogens with zero attached hydrogens (tertiary/aromatic N) is 2. The molecule has 1 aromatic heterocycles. The second-order valence-electron chi connectivity index (χ2n) is 7.94. The first-order valence-corrected chi connectivity index (χ1v) is 11.0. The van der Waals surface area contributed by atoms with Crippen LogP contribution in [0.3, 0.4) is 0 Å². The van der Waals surface area contributed by atoms with Gasteiger partial charge in [0, 0.05) is 18.3 Å². The molecule has 196 valence electrons. The largest absolute Gasteiger partial charge is 0.497 e. The molecule has 2 N–H and O–H groups in total. The monoisotopic (exact) mass is 511 g/mol. The lowest BCUT2D eigenvalue weighted by Gasteiger charge is -2.31. The number of nitrogens with one attached hydrogen (secondary N) is 1. The number of rotatable bonds is 8. The fourth-order valence-corrected chi connectivity index (χ4v) is 3.48. The van der Waals surface area contributed by atoms with Crippen LogP contribution in [0.25, 0.3) is 0 Å². The zero-order valence-corrected chi connectivity index (χ0v) is 19.9. The molecule has 9 nitrogen and oxygen atoms in total. The van der Waals surface area contributed by atoms with Crippen molar-refractivity contribution in [2.45, 2.75) is 19.0 Å². The standard InChI is InChI=1S/C22H27N3O4.C2HF3O2/c1-28-18-7-5-17(6-8-18)20(26)15-25-12-9-16(10-13-25)14-24-21(27)19-4-3-11-23-22(19)29-2;3-2(4,5)1(6)7/h3-8,11,16H,9-10,12-15H2,1-2H3,(H,24,27);(H,6,7). The van der Waals surface area contributed by atoms with E-state index in [0.29, 0.717) is 36.0 Å². The third-order valence-corrected chi connectivity index (χ3v) is 5.49. The third kappa shape index (κ3) is 8.84. The highest BCUT2D eigenvalue weighted by molar-refractivity contribution is 5.97. The zero-order chi connectivity index (χ0) is 26.7. The summed E-state index contributed by atoms with van der Waals surface area (Å²) < 4.78 is 42.0. The van der Waals surface area contributed by atoms with Crippen LogP contribution in [-0.4, -0.2) is 79.2 Å². The summed E-state index contributed by atoms with van der Waals surface area (Å²) in [6, 6.07) is 10.6. The number of aliphatic carboxylic acids is 1. The molecule has 3 rings (SSSR count). The van der Waals surface area contributed by atoms with Crippen molar-refractivity contribution >= 4 is 17.7 Å². The van der Waals surface area contributed by atoms with Gasteiger partial charge in [0.2, 0.25) is 5.88 Å².